The molecule has 0 aromatic rings. The first kappa shape index (κ1) is 43.8. The summed E-state index contributed by atoms with van der Waals surface area (Å²) in [5.41, 5.74) is 0. The third kappa shape index (κ3) is 33.2. The van der Waals surface area contributed by atoms with Crippen molar-refractivity contribution in [1.29, 1.82) is 0 Å². The second-order valence-electron chi connectivity index (χ2n) is 12.5. The molecule has 266 valence electrons. The van der Waals surface area contributed by atoms with E-state index in [-0.39, 0.29) is 31.6 Å². The van der Waals surface area contributed by atoms with Crippen molar-refractivity contribution in [3.05, 3.63) is 48.6 Å². The van der Waals surface area contributed by atoms with Gasteiger partial charge < -0.3 is 19.7 Å². The number of rotatable bonds is 33. The topological polar surface area (TPSA) is 93.1 Å². The van der Waals surface area contributed by atoms with Gasteiger partial charge in [-0.25, -0.2) is 0 Å². The Morgan fingerprint density at radius 2 is 1.15 bits per heavy atom. The van der Waals surface area contributed by atoms with Crippen LogP contribution >= 0.6 is 0 Å². The van der Waals surface area contributed by atoms with Crippen molar-refractivity contribution in [3.63, 3.8) is 0 Å². The summed E-state index contributed by atoms with van der Waals surface area (Å²) in [7, 11) is 0. The van der Waals surface area contributed by atoms with Crippen LogP contribution in [-0.2, 0) is 19.1 Å². The molecule has 0 aromatic carbocycles. The van der Waals surface area contributed by atoms with Crippen molar-refractivity contribution in [2.75, 3.05) is 13.2 Å². The quantitative estimate of drug-likeness (QED) is 0.0319. The van der Waals surface area contributed by atoms with E-state index in [1.165, 1.54) is 89.9 Å². The minimum atomic E-state index is -0.809. The van der Waals surface area contributed by atoms with Gasteiger partial charge >= 0.3 is 11.9 Å². The molecule has 0 saturated carbocycles. The van der Waals surface area contributed by atoms with E-state index in [0.717, 1.165) is 38.5 Å². The highest BCUT2D eigenvalue weighted by atomic mass is 16.6. The van der Waals surface area contributed by atoms with Crippen LogP contribution in [0.5, 0.6) is 0 Å². The number of esters is 2. The molecule has 0 saturated heterocycles. The Hall–Kier alpha value is -2.18. The smallest absolute Gasteiger partial charge is 0.306 e. The molecule has 0 radical (unpaired) electrons. The number of aliphatic hydroxyl groups excluding tert-OH is 2. The maximum Gasteiger partial charge on any atom is 0.306 e. The highest BCUT2D eigenvalue weighted by molar-refractivity contribution is 5.70. The fourth-order valence-electron chi connectivity index (χ4n) is 5.04. The summed E-state index contributed by atoms with van der Waals surface area (Å²) in [6, 6.07) is 0. The predicted molar refractivity (Wildman–Crippen MR) is 193 cm³/mol. The molecule has 0 unspecified atom stereocenters. The Morgan fingerprint density at radius 1 is 0.609 bits per heavy atom. The number of ether oxygens (including phenoxy) is 2. The molecular weight excluding hydrogens is 576 g/mol. The molecule has 0 aliphatic carbocycles. The molecule has 0 spiro atoms. The Kier molecular flexibility index (Phi) is 34.0. The van der Waals surface area contributed by atoms with Crippen molar-refractivity contribution in [2.24, 2.45) is 0 Å². The Labute approximate surface area is 282 Å². The molecule has 46 heavy (non-hydrogen) atoms. The van der Waals surface area contributed by atoms with Crippen molar-refractivity contribution < 1.29 is 29.3 Å². The van der Waals surface area contributed by atoms with Gasteiger partial charge in [0.05, 0.1) is 12.7 Å². The summed E-state index contributed by atoms with van der Waals surface area (Å²) in [6.45, 7) is 3.98. The molecule has 2 N–H and O–H groups in total. The summed E-state index contributed by atoms with van der Waals surface area (Å²) in [5, 5.41) is 19.5. The minimum Gasteiger partial charge on any atom is -0.462 e. The maximum atomic E-state index is 12.1. The number of aliphatic hydroxyl groups is 2. The van der Waals surface area contributed by atoms with Crippen molar-refractivity contribution in [2.45, 2.75) is 180 Å². The van der Waals surface area contributed by atoms with Gasteiger partial charge in [-0.2, -0.15) is 0 Å². The first-order valence-corrected chi connectivity index (χ1v) is 18.8. The second-order valence-corrected chi connectivity index (χ2v) is 12.5. The summed E-state index contributed by atoms with van der Waals surface area (Å²) in [4.78, 5) is 24.2. The fourth-order valence-corrected chi connectivity index (χ4v) is 5.04. The first-order valence-electron chi connectivity index (χ1n) is 18.8. The van der Waals surface area contributed by atoms with Gasteiger partial charge in [0.1, 0.15) is 6.61 Å². The van der Waals surface area contributed by atoms with Gasteiger partial charge in [-0.3, -0.25) is 9.59 Å². The molecule has 0 aromatic heterocycles. The SMILES string of the molecule is CCCCC/C=C\C=C/[C@@H](O)C/C=C\C/C=C/CCCC(=O)OC[C@H](CO)OC(=O)CCCCCCCCCCCCCCCC. The maximum absolute atomic E-state index is 12.1. The van der Waals surface area contributed by atoms with Crippen molar-refractivity contribution >= 4 is 11.9 Å². The number of carbonyl (C=O) groups is 2. The van der Waals surface area contributed by atoms with Crippen LogP contribution in [0, 0.1) is 0 Å². The van der Waals surface area contributed by atoms with Gasteiger partial charge in [-0.1, -0.05) is 159 Å². The molecule has 2 atom stereocenters. The Morgan fingerprint density at radius 3 is 1.78 bits per heavy atom. The highest BCUT2D eigenvalue weighted by Gasteiger charge is 2.16. The lowest BCUT2D eigenvalue weighted by molar-refractivity contribution is -0.161. The van der Waals surface area contributed by atoms with Crippen LogP contribution in [0.2, 0.25) is 0 Å². The highest BCUT2D eigenvalue weighted by Crippen LogP contribution is 2.14. The van der Waals surface area contributed by atoms with E-state index in [0.29, 0.717) is 19.3 Å². The zero-order valence-electron chi connectivity index (χ0n) is 29.7. The number of hydrogen-bond donors (Lipinski definition) is 2. The van der Waals surface area contributed by atoms with Crippen LogP contribution in [-0.4, -0.2) is 47.6 Å². The van der Waals surface area contributed by atoms with E-state index in [1.54, 1.807) is 0 Å². The average molecular weight is 647 g/mol. The molecule has 0 fully saturated rings. The van der Waals surface area contributed by atoms with E-state index in [9.17, 15) is 19.8 Å². The summed E-state index contributed by atoms with van der Waals surface area (Å²) in [6.07, 6.45) is 40.5. The Balaban J connectivity index is 3.74. The van der Waals surface area contributed by atoms with E-state index < -0.39 is 12.2 Å². The van der Waals surface area contributed by atoms with Crippen LogP contribution in [0.25, 0.3) is 0 Å². The molecule has 6 heteroatoms. The third-order valence-corrected chi connectivity index (χ3v) is 7.96. The molecule has 0 bridgehead atoms. The van der Waals surface area contributed by atoms with Crippen LogP contribution in [0.15, 0.2) is 48.6 Å². The molecule has 0 aliphatic heterocycles. The molecule has 6 nitrogen and oxygen atoms in total. The average Bonchev–Trinajstić information content (AvgIpc) is 3.05. The number of hydrogen-bond acceptors (Lipinski definition) is 6. The van der Waals surface area contributed by atoms with E-state index in [2.05, 4.69) is 19.9 Å². The minimum absolute atomic E-state index is 0.114. The summed E-state index contributed by atoms with van der Waals surface area (Å²) in [5.74, 6) is -0.697. The summed E-state index contributed by atoms with van der Waals surface area (Å²) >= 11 is 0. The molecular formula is C40H70O6. The Bertz CT molecular complexity index is 800. The molecule has 0 aliphatic rings. The first-order chi connectivity index (χ1) is 22.5. The molecule has 0 heterocycles. The standard InChI is InChI=1S/C40H70O6/c1-3-5-7-9-11-12-13-14-15-16-17-21-26-30-34-40(44)46-38(35-41)36-45-39(43)33-29-25-22-18-20-24-28-32-37(42)31-27-23-19-10-8-6-4-2/h18-19,22-24,27-28,31,37-38,41-42H,3-17,20-21,25-26,29-30,32-36H2,1-2H3/b22-18+,23-19-,28-24-,31-27-/t37-,38+/m1/s1. The normalized spacial score (nSPS) is 13.4. The number of unbranched alkanes of at least 4 members (excludes halogenated alkanes) is 17. The molecule has 0 amide bonds. The molecule has 0 rings (SSSR count). The van der Waals surface area contributed by atoms with E-state index >= 15 is 0 Å². The lowest BCUT2D eigenvalue weighted by atomic mass is 10.0. The van der Waals surface area contributed by atoms with Gasteiger partial charge in [0, 0.05) is 12.8 Å². The number of carbonyl (C=O) groups excluding carboxylic acids is 2. The number of allylic oxidation sites excluding steroid dienone is 6. The zero-order chi connectivity index (χ0) is 33.8. The van der Waals surface area contributed by atoms with Crippen molar-refractivity contribution in [1.82, 2.24) is 0 Å². The fraction of sp³-hybridized carbons (Fsp3) is 0.750. The van der Waals surface area contributed by atoms with Gasteiger partial charge in [0.25, 0.3) is 0 Å². The van der Waals surface area contributed by atoms with Gasteiger partial charge in [-0.05, 0) is 44.9 Å². The lowest BCUT2D eigenvalue weighted by Gasteiger charge is -2.15. The second kappa shape index (κ2) is 35.7. The monoisotopic (exact) mass is 647 g/mol. The van der Waals surface area contributed by atoms with Gasteiger partial charge in [-0.15, -0.1) is 0 Å². The largest absolute Gasteiger partial charge is 0.462 e. The van der Waals surface area contributed by atoms with Gasteiger partial charge in [0.2, 0.25) is 0 Å². The zero-order valence-corrected chi connectivity index (χ0v) is 29.7. The third-order valence-electron chi connectivity index (χ3n) is 7.96. The predicted octanol–water partition coefficient (Wildman–Crippen LogP) is 10.4. The van der Waals surface area contributed by atoms with Crippen LogP contribution < -0.4 is 0 Å². The van der Waals surface area contributed by atoms with Gasteiger partial charge in [0.15, 0.2) is 6.10 Å². The lowest BCUT2D eigenvalue weighted by Crippen LogP contribution is -2.28. The summed E-state index contributed by atoms with van der Waals surface area (Å²) < 4.78 is 10.5. The van der Waals surface area contributed by atoms with Crippen LogP contribution in [0.1, 0.15) is 168 Å². The van der Waals surface area contributed by atoms with E-state index in [4.69, 9.17) is 9.47 Å². The van der Waals surface area contributed by atoms with Crippen LogP contribution in [0.4, 0.5) is 0 Å². The van der Waals surface area contributed by atoms with E-state index in [1.807, 2.05) is 42.5 Å². The van der Waals surface area contributed by atoms with Crippen LogP contribution in [0.3, 0.4) is 0 Å². The van der Waals surface area contributed by atoms with Crippen molar-refractivity contribution in [3.8, 4) is 0 Å².